The first-order valence-corrected chi connectivity index (χ1v) is 7.99. The molecule has 0 radical (unpaired) electrons. The summed E-state index contributed by atoms with van der Waals surface area (Å²) in [6.07, 6.45) is 10.3. The van der Waals surface area contributed by atoms with E-state index < -0.39 is 0 Å². The number of hydrogen-bond acceptors (Lipinski definition) is 0. The SMILES string of the molecule is CC(C)CC(C)CCCCC(C)CC1CC1C. The van der Waals surface area contributed by atoms with Crippen LogP contribution in [0.1, 0.15) is 79.6 Å². The van der Waals surface area contributed by atoms with Gasteiger partial charge in [-0.3, -0.25) is 0 Å². The Morgan fingerprint density at radius 3 is 1.94 bits per heavy atom. The van der Waals surface area contributed by atoms with Crippen molar-refractivity contribution in [3.8, 4) is 0 Å². The Balaban J connectivity index is 1.92. The van der Waals surface area contributed by atoms with Crippen LogP contribution in [-0.2, 0) is 0 Å². The van der Waals surface area contributed by atoms with Crippen LogP contribution in [0.2, 0.25) is 0 Å². The van der Waals surface area contributed by atoms with Gasteiger partial charge in [-0.15, -0.1) is 0 Å². The summed E-state index contributed by atoms with van der Waals surface area (Å²) in [6.45, 7) is 12.0. The molecule has 0 aromatic rings. The van der Waals surface area contributed by atoms with E-state index in [0.717, 1.165) is 29.6 Å². The van der Waals surface area contributed by atoms with Gasteiger partial charge < -0.3 is 0 Å². The van der Waals surface area contributed by atoms with Crippen molar-refractivity contribution in [1.82, 2.24) is 0 Å². The van der Waals surface area contributed by atoms with E-state index in [-0.39, 0.29) is 0 Å². The minimum Gasteiger partial charge on any atom is -0.0628 e. The topological polar surface area (TPSA) is 0 Å². The van der Waals surface area contributed by atoms with E-state index in [0.29, 0.717) is 0 Å². The summed E-state index contributed by atoms with van der Waals surface area (Å²) in [5.74, 6) is 4.92. The fourth-order valence-electron chi connectivity index (χ4n) is 3.27. The molecule has 0 nitrogen and oxygen atoms in total. The van der Waals surface area contributed by atoms with Gasteiger partial charge in [-0.1, -0.05) is 60.3 Å². The van der Waals surface area contributed by atoms with Crippen molar-refractivity contribution in [2.45, 2.75) is 79.6 Å². The van der Waals surface area contributed by atoms with Gasteiger partial charge in [0.1, 0.15) is 0 Å². The molecule has 4 unspecified atom stereocenters. The second kappa shape index (κ2) is 7.44. The smallest absolute Gasteiger partial charge is 0.0383 e. The molecule has 0 aromatic heterocycles. The van der Waals surface area contributed by atoms with E-state index in [1.54, 1.807) is 0 Å². The van der Waals surface area contributed by atoms with Crippen LogP contribution in [0.15, 0.2) is 0 Å². The molecular formula is C17H34. The first kappa shape index (κ1) is 15.1. The Morgan fingerprint density at radius 1 is 0.941 bits per heavy atom. The van der Waals surface area contributed by atoms with Crippen LogP contribution in [0.25, 0.3) is 0 Å². The van der Waals surface area contributed by atoms with Crippen LogP contribution in [0.5, 0.6) is 0 Å². The highest BCUT2D eigenvalue weighted by atomic mass is 14.4. The molecule has 0 N–H and O–H groups in total. The molecule has 0 spiro atoms. The van der Waals surface area contributed by atoms with Gasteiger partial charge in [0.15, 0.2) is 0 Å². The zero-order chi connectivity index (χ0) is 12.8. The molecule has 4 atom stereocenters. The maximum Gasteiger partial charge on any atom is -0.0383 e. The van der Waals surface area contributed by atoms with Crippen LogP contribution in [0.3, 0.4) is 0 Å². The average molecular weight is 238 g/mol. The summed E-state index contributed by atoms with van der Waals surface area (Å²) in [5, 5.41) is 0. The van der Waals surface area contributed by atoms with E-state index in [1.807, 2.05) is 0 Å². The van der Waals surface area contributed by atoms with Crippen molar-refractivity contribution in [2.24, 2.45) is 29.6 Å². The second-order valence-electron chi connectivity index (χ2n) is 7.33. The van der Waals surface area contributed by atoms with Crippen LogP contribution < -0.4 is 0 Å². The summed E-state index contributed by atoms with van der Waals surface area (Å²) in [5.41, 5.74) is 0. The summed E-state index contributed by atoms with van der Waals surface area (Å²) in [7, 11) is 0. The highest BCUT2D eigenvalue weighted by Crippen LogP contribution is 2.43. The van der Waals surface area contributed by atoms with E-state index in [2.05, 4.69) is 34.6 Å². The quantitative estimate of drug-likeness (QED) is 0.438. The molecule has 1 fully saturated rings. The van der Waals surface area contributed by atoms with Crippen molar-refractivity contribution in [1.29, 1.82) is 0 Å². The van der Waals surface area contributed by atoms with E-state index >= 15 is 0 Å². The minimum absolute atomic E-state index is 0.875. The van der Waals surface area contributed by atoms with Crippen LogP contribution in [-0.4, -0.2) is 0 Å². The number of rotatable bonds is 9. The lowest BCUT2D eigenvalue weighted by Gasteiger charge is -2.15. The lowest BCUT2D eigenvalue weighted by molar-refractivity contribution is 0.378. The lowest BCUT2D eigenvalue weighted by Crippen LogP contribution is -2.01. The van der Waals surface area contributed by atoms with E-state index in [9.17, 15) is 0 Å². The Labute approximate surface area is 110 Å². The largest absolute Gasteiger partial charge is 0.0628 e. The molecule has 0 aromatic carbocycles. The summed E-state index contributed by atoms with van der Waals surface area (Å²) >= 11 is 0. The van der Waals surface area contributed by atoms with Gasteiger partial charge in [-0.05, 0) is 48.9 Å². The normalized spacial score (nSPS) is 27.2. The highest BCUT2D eigenvalue weighted by molar-refractivity contribution is 4.83. The predicted octanol–water partition coefficient (Wildman–Crippen LogP) is 5.91. The molecule has 0 heterocycles. The zero-order valence-electron chi connectivity index (χ0n) is 12.8. The van der Waals surface area contributed by atoms with Crippen molar-refractivity contribution in [3.63, 3.8) is 0 Å². The van der Waals surface area contributed by atoms with Crippen molar-refractivity contribution in [2.75, 3.05) is 0 Å². The lowest BCUT2D eigenvalue weighted by atomic mass is 9.91. The van der Waals surface area contributed by atoms with Gasteiger partial charge in [-0.2, -0.15) is 0 Å². The molecule has 1 aliphatic rings. The molecule has 0 bridgehead atoms. The zero-order valence-corrected chi connectivity index (χ0v) is 12.8. The molecule has 17 heavy (non-hydrogen) atoms. The first-order chi connectivity index (χ1) is 7.99. The second-order valence-corrected chi connectivity index (χ2v) is 7.33. The van der Waals surface area contributed by atoms with Crippen LogP contribution >= 0.6 is 0 Å². The predicted molar refractivity (Wildman–Crippen MR) is 78.1 cm³/mol. The van der Waals surface area contributed by atoms with Gasteiger partial charge in [-0.25, -0.2) is 0 Å². The van der Waals surface area contributed by atoms with Gasteiger partial charge in [0.2, 0.25) is 0 Å². The van der Waals surface area contributed by atoms with Gasteiger partial charge >= 0.3 is 0 Å². The van der Waals surface area contributed by atoms with Crippen molar-refractivity contribution >= 4 is 0 Å². The maximum atomic E-state index is 2.46. The van der Waals surface area contributed by atoms with Crippen molar-refractivity contribution in [3.05, 3.63) is 0 Å². The number of hydrogen-bond donors (Lipinski definition) is 0. The highest BCUT2D eigenvalue weighted by Gasteiger charge is 2.32. The third kappa shape index (κ3) is 7.11. The number of unbranched alkanes of at least 4 members (excludes halogenated alkanes) is 1. The van der Waals surface area contributed by atoms with Crippen LogP contribution in [0.4, 0.5) is 0 Å². The summed E-state index contributed by atoms with van der Waals surface area (Å²) < 4.78 is 0. The molecule has 0 aliphatic heterocycles. The maximum absolute atomic E-state index is 2.46. The Bertz CT molecular complexity index is 194. The van der Waals surface area contributed by atoms with E-state index in [4.69, 9.17) is 0 Å². The third-order valence-electron chi connectivity index (χ3n) is 4.50. The molecule has 1 rings (SSSR count). The first-order valence-electron chi connectivity index (χ1n) is 7.99. The summed E-state index contributed by atoms with van der Waals surface area (Å²) in [4.78, 5) is 0. The Hall–Kier alpha value is 0. The average Bonchev–Trinajstić information content (AvgIpc) is 2.88. The fourth-order valence-corrected chi connectivity index (χ4v) is 3.27. The van der Waals surface area contributed by atoms with Gasteiger partial charge in [0, 0.05) is 0 Å². The van der Waals surface area contributed by atoms with E-state index in [1.165, 1.54) is 44.9 Å². The standard InChI is InChI=1S/C17H34/c1-13(2)10-14(3)8-6-7-9-15(4)11-17-12-16(17)5/h13-17H,6-12H2,1-5H3. The molecule has 1 aliphatic carbocycles. The molecule has 0 heteroatoms. The summed E-state index contributed by atoms with van der Waals surface area (Å²) in [6, 6.07) is 0. The molecule has 0 saturated heterocycles. The minimum atomic E-state index is 0.875. The molecule has 1 saturated carbocycles. The Morgan fingerprint density at radius 2 is 1.47 bits per heavy atom. The van der Waals surface area contributed by atoms with Gasteiger partial charge in [0.05, 0.1) is 0 Å². The molecular weight excluding hydrogens is 204 g/mol. The molecule has 102 valence electrons. The fraction of sp³-hybridized carbons (Fsp3) is 1.00. The van der Waals surface area contributed by atoms with Crippen LogP contribution in [0, 0.1) is 29.6 Å². The Kier molecular flexibility index (Phi) is 6.59. The monoisotopic (exact) mass is 238 g/mol. The third-order valence-corrected chi connectivity index (χ3v) is 4.50. The van der Waals surface area contributed by atoms with Gasteiger partial charge in [0.25, 0.3) is 0 Å². The van der Waals surface area contributed by atoms with Crippen molar-refractivity contribution < 1.29 is 0 Å². The molecule has 0 amide bonds.